The first-order valence-electron chi connectivity index (χ1n) is 2.12. The van der Waals surface area contributed by atoms with Crippen LogP contribution in [0.15, 0.2) is 12.3 Å². The van der Waals surface area contributed by atoms with Crippen LogP contribution in [0.1, 0.15) is 5.69 Å². The first kappa shape index (κ1) is 5.62. The Labute approximate surface area is 55.3 Å². The molecule has 8 heavy (non-hydrogen) atoms. The SMILES string of the molecule is BrCc1ccnnn1. The molecule has 1 heterocycles. The van der Waals surface area contributed by atoms with Crippen LogP contribution in [0.25, 0.3) is 0 Å². The van der Waals surface area contributed by atoms with Gasteiger partial charge in [-0.15, -0.1) is 10.2 Å². The third-order valence-electron chi connectivity index (χ3n) is 0.695. The molecule has 0 fully saturated rings. The summed E-state index contributed by atoms with van der Waals surface area (Å²) in [5.74, 6) is 0. The van der Waals surface area contributed by atoms with Crippen molar-refractivity contribution in [2.24, 2.45) is 0 Å². The lowest BCUT2D eigenvalue weighted by Gasteiger charge is -1.84. The number of nitrogens with zero attached hydrogens (tertiary/aromatic N) is 3. The van der Waals surface area contributed by atoms with Crippen molar-refractivity contribution in [2.45, 2.75) is 5.33 Å². The van der Waals surface area contributed by atoms with E-state index >= 15 is 0 Å². The van der Waals surface area contributed by atoms with Crippen molar-refractivity contribution in [2.75, 3.05) is 0 Å². The summed E-state index contributed by atoms with van der Waals surface area (Å²) in [6, 6.07) is 1.81. The number of halogens is 1. The maximum absolute atomic E-state index is 3.69. The highest BCUT2D eigenvalue weighted by Crippen LogP contribution is 1.95. The van der Waals surface area contributed by atoms with Gasteiger partial charge in [-0.05, 0) is 11.3 Å². The summed E-state index contributed by atoms with van der Waals surface area (Å²) in [6.45, 7) is 0. The smallest absolute Gasteiger partial charge is 0.0770 e. The van der Waals surface area contributed by atoms with E-state index in [0.29, 0.717) is 0 Å². The molecule has 0 amide bonds. The van der Waals surface area contributed by atoms with Gasteiger partial charge in [0.1, 0.15) is 0 Å². The monoisotopic (exact) mass is 173 g/mol. The van der Waals surface area contributed by atoms with Gasteiger partial charge in [-0.1, -0.05) is 15.9 Å². The highest BCUT2D eigenvalue weighted by atomic mass is 79.9. The molecule has 0 saturated heterocycles. The van der Waals surface area contributed by atoms with Crippen LogP contribution < -0.4 is 0 Å². The molecule has 0 aliphatic carbocycles. The zero-order valence-electron chi connectivity index (χ0n) is 4.08. The summed E-state index contributed by atoms with van der Waals surface area (Å²) >= 11 is 3.23. The van der Waals surface area contributed by atoms with Gasteiger partial charge in [0.25, 0.3) is 0 Å². The van der Waals surface area contributed by atoms with Crippen molar-refractivity contribution >= 4 is 15.9 Å². The van der Waals surface area contributed by atoms with Crippen molar-refractivity contribution in [1.29, 1.82) is 0 Å². The Balaban J connectivity index is 2.83. The van der Waals surface area contributed by atoms with Crippen molar-refractivity contribution in [3.05, 3.63) is 18.0 Å². The summed E-state index contributed by atoms with van der Waals surface area (Å²) in [7, 11) is 0. The molecule has 0 aromatic carbocycles. The Morgan fingerprint density at radius 1 is 1.62 bits per heavy atom. The molecule has 4 heteroatoms. The maximum Gasteiger partial charge on any atom is 0.0770 e. The van der Waals surface area contributed by atoms with Gasteiger partial charge in [0.05, 0.1) is 11.9 Å². The Hall–Kier alpha value is -0.510. The van der Waals surface area contributed by atoms with Crippen LogP contribution in [0.4, 0.5) is 0 Å². The molecule has 0 atom stereocenters. The van der Waals surface area contributed by atoms with Gasteiger partial charge in [0.15, 0.2) is 0 Å². The predicted octanol–water partition coefficient (Wildman–Crippen LogP) is 0.766. The molecule has 0 aliphatic rings. The zero-order valence-corrected chi connectivity index (χ0v) is 5.67. The first-order valence-corrected chi connectivity index (χ1v) is 3.25. The molecule has 42 valence electrons. The van der Waals surface area contributed by atoms with Gasteiger partial charge >= 0.3 is 0 Å². The normalized spacial score (nSPS) is 9.12. The van der Waals surface area contributed by atoms with Crippen LogP contribution in [0, 0.1) is 0 Å². The Morgan fingerprint density at radius 3 is 2.88 bits per heavy atom. The van der Waals surface area contributed by atoms with Crippen molar-refractivity contribution in [1.82, 2.24) is 15.4 Å². The first-order chi connectivity index (χ1) is 3.93. The minimum absolute atomic E-state index is 0.739. The molecule has 1 aromatic heterocycles. The fourth-order valence-electron chi connectivity index (χ4n) is 0.337. The second-order valence-electron chi connectivity index (χ2n) is 1.25. The standard InChI is InChI=1S/C4H4BrN3/c5-3-4-1-2-6-8-7-4/h1-2H,3H2. The third-order valence-corrected chi connectivity index (χ3v) is 1.27. The summed E-state index contributed by atoms with van der Waals surface area (Å²) < 4.78 is 0. The summed E-state index contributed by atoms with van der Waals surface area (Å²) in [5.41, 5.74) is 0.903. The molecule has 0 spiro atoms. The van der Waals surface area contributed by atoms with Gasteiger partial charge < -0.3 is 0 Å². The molecule has 1 aromatic rings. The molecule has 1 rings (SSSR count). The van der Waals surface area contributed by atoms with E-state index in [9.17, 15) is 0 Å². The van der Waals surface area contributed by atoms with E-state index in [-0.39, 0.29) is 0 Å². The van der Waals surface area contributed by atoms with Crippen molar-refractivity contribution in [3.8, 4) is 0 Å². The lowest BCUT2D eigenvalue weighted by atomic mass is 10.5. The van der Waals surface area contributed by atoms with Gasteiger partial charge in [-0.25, -0.2) is 0 Å². The Bertz CT molecular complexity index is 153. The third kappa shape index (κ3) is 1.23. The van der Waals surface area contributed by atoms with Gasteiger partial charge in [0.2, 0.25) is 0 Å². The number of rotatable bonds is 1. The van der Waals surface area contributed by atoms with E-state index in [2.05, 4.69) is 31.3 Å². The molecule has 0 bridgehead atoms. The van der Waals surface area contributed by atoms with Gasteiger partial charge in [-0.3, -0.25) is 0 Å². The number of hydrogen-bond acceptors (Lipinski definition) is 3. The largest absolute Gasteiger partial charge is 0.139 e. The van der Waals surface area contributed by atoms with Crippen molar-refractivity contribution < 1.29 is 0 Å². The fraction of sp³-hybridized carbons (Fsp3) is 0.250. The molecule has 0 N–H and O–H groups in total. The molecule has 3 nitrogen and oxygen atoms in total. The Kier molecular flexibility index (Phi) is 1.91. The average Bonchev–Trinajstić information content (AvgIpc) is 1.90. The van der Waals surface area contributed by atoms with E-state index in [1.165, 1.54) is 0 Å². The van der Waals surface area contributed by atoms with E-state index < -0.39 is 0 Å². The average molecular weight is 174 g/mol. The van der Waals surface area contributed by atoms with Crippen LogP contribution >= 0.6 is 15.9 Å². The minimum atomic E-state index is 0.739. The molecular formula is C4H4BrN3. The van der Waals surface area contributed by atoms with E-state index in [0.717, 1.165) is 11.0 Å². The van der Waals surface area contributed by atoms with E-state index in [1.54, 1.807) is 6.20 Å². The van der Waals surface area contributed by atoms with Gasteiger partial charge in [-0.2, -0.15) is 0 Å². The van der Waals surface area contributed by atoms with Crippen LogP contribution in [-0.4, -0.2) is 15.4 Å². The second kappa shape index (κ2) is 2.71. The van der Waals surface area contributed by atoms with E-state index in [4.69, 9.17) is 0 Å². The molecule has 0 saturated carbocycles. The minimum Gasteiger partial charge on any atom is -0.139 e. The van der Waals surface area contributed by atoms with Crippen LogP contribution in [-0.2, 0) is 5.33 Å². The fourth-order valence-corrected chi connectivity index (χ4v) is 0.636. The zero-order chi connectivity index (χ0) is 5.82. The van der Waals surface area contributed by atoms with E-state index in [1.807, 2.05) is 6.07 Å². The Morgan fingerprint density at radius 2 is 2.50 bits per heavy atom. The maximum atomic E-state index is 3.69. The van der Waals surface area contributed by atoms with Gasteiger partial charge in [0, 0.05) is 5.33 Å². The molecule has 0 radical (unpaired) electrons. The topological polar surface area (TPSA) is 38.7 Å². The van der Waals surface area contributed by atoms with Crippen LogP contribution in [0.3, 0.4) is 0 Å². The quantitative estimate of drug-likeness (QED) is 0.590. The lowest BCUT2D eigenvalue weighted by Crippen LogP contribution is -1.88. The lowest BCUT2D eigenvalue weighted by molar-refractivity contribution is 0.836. The molecule has 0 aliphatic heterocycles. The number of aromatic nitrogens is 3. The second-order valence-corrected chi connectivity index (χ2v) is 1.81. The van der Waals surface area contributed by atoms with Crippen LogP contribution in [0.2, 0.25) is 0 Å². The summed E-state index contributed by atoms with van der Waals surface area (Å²) in [4.78, 5) is 0. The summed E-state index contributed by atoms with van der Waals surface area (Å²) in [6.07, 6.45) is 1.61. The predicted molar refractivity (Wildman–Crippen MR) is 32.5 cm³/mol. The highest BCUT2D eigenvalue weighted by molar-refractivity contribution is 9.08. The number of alkyl halides is 1. The molecule has 0 unspecified atom stereocenters. The summed E-state index contributed by atoms with van der Waals surface area (Å²) in [5, 5.41) is 11.4. The van der Waals surface area contributed by atoms with Crippen LogP contribution in [0.5, 0.6) is 0 Å². The highest BCUT2D eigenvalue weighted by Gasteiger charge is 1.85. The molecular weight excluding hydrogens is 170 g/mol. The number of hydrogen-bond donors (Lipinski definition) is 0. The van der Waals surface area contributed by atoms with Crippen molar-refractivity contribution in [3.63, 3.8) is 0 Å².